The lowest BCUT2D eigenvalue weighted by Gasteiger charge is -2.25. The van der Waals surface area contributed by atoms with Crippen LogP contribution in [-0.4, -0.2) is 48.0 Å². The zero-order valence-corrected chi connectivity index (χ0v) is 16.0. The van der Waals surface area contributed by atoms with E-state index in [4.69, 9.17) is 4.74 Å². The number of hydrogen-bond donors (Lipinski definition) is 2. The number of nitrogens with one attached hydrogen (secondary N) is 2. The summed E-state index contributed by atoms with van der Waals surface area (Å²) < 4.78 is 32.4. The van der Waals surface area contributed by atoms with Gasteiger partial charge in [-0.25, -0.2) is 8.42 Å². The number of methoxy groups -OCH3 is 1. The predicted octanol–water partition coefficient (Wildman–Crippen LogP) is 0.996. The maximum Gasteiger partial charge on any atom is 0.264 e. The summed E-state index contributed by atoms with van der Waals surface area (Å²) in [5.74, 6) is -0.478. The van der Waals surface area contributed by atoms with Gasteiger partial charge in [-0.1, -0.05) is 12.1 Å². The minimum atomic E-state index is -4.11. The molecule has 0 fully saturated rings. The third kappa shape index (κ3) is 4.37. The molecule has 0 aliphatic rings. The van der Waals surface area contributed by atoms with E-state index in [2.05, 4.69) is 10.6 Å². The molecule has 2 amide bonds. The minimum absolute atomic E-state index is 0.0288. The number of carbonyl (C=O) groups excluding carboxylic acids is 2. The van der Waals surface area contributed by atoms with Gasteiger partial charge >= 0.3 is 0 Å². The highest BCUT2D eigenvalue weighted by atomic mass is 32.2. The summed E-state index contributed by atoms with van der Waals surface area (Å²) in [5, 5.41) is 4.88. The summed E-state index contributed by atoms with van der Waals surface area (Å²) in [6.45, 7) is -0.473. The van der Waals surface area contributed by atoms with Crippen LogP contribution in [0.4, 0.5) is 5.69 Å². The quantitative estimate of drug-likeness (QED) is 0.733. The van der Waals surface area contributed by atoms with E-state index in [0.29, 0.717) is 5.75 Å². The van der Waals surface area contributed by atoms with E-state index in [1.807, 2.05) is 0 Å². The number of para-hydroxylation sites is 1. The molecular formula is C18H21N3O5S. The summed E-state index contributed by atoms with van der Waals surface area (Å²) in [6, 6.07) is 12.0. The maximum absolute atomic E-state index is 13.2. The number of anilines is 1. The van der Waals surface area contributed by atoms with E-state index in [0.717, 1.165) is 4.31 Å². The first kappa shape index (κ1) is 20.2. The first-order chi connectivity index (χ1) is 12.8. The van der Waals surface area contributed by atoms with Crippen molar-refractivity contribution in [1.82, 2.24) is 10.6 Å². The highest BCUT2D eigenvalue weighted by molar-refractivity contribution is 7.92. The van der Waals surface area contributed by atoms with Crippen LogP contribution in [0.3, 0.4) is 0 Å². The van der Waals surface area contributed by atoms with Gasteiger partial charge in [-0.2, -0.15) is 0 Å². The molecule has 2 N–H and O–H groups in total. The van der Waals surface area contributed by atoms with Crippen molar-refractivity contribution in [3.8, 4) is 5.75 Å². The van der Waals surface area contributed by atoms with Crippen molar-refractivity contribution in [3.05, 3.63) is 54.1 Å². The van der Waals surface area contributed by atoms with Gasteiger partial charge in [-0.15, -0.1) is 0 Å². The summed E-state index contributed by atoms with van der Waals surface area (Å²) in [6.07, 6.45) is 0. The second-order valence-corrected chi connectivity index (χ2v) is 7.32. The van der Waals surface area contributed by atoms with Gasteiger partial charge in [0.2, 0.25) is 5.91 Å². The molecule has 0 aromatic heterocycles. The van der Waals surface area contributed by atoms with Crippen molar-refractivity contribution in [1.29, 1.82) is 0 Å². The normalized spacial score (nSPS) is 10.8. The number of nitrogens with zero attached hydrogens (tertiary/aromatic N) is 1. The standard InChI is InChI=1S/C18H21N3O5S/c1-19-17(22)12-21(16-7-5-4-6-15(16)18(23)20-2)27(24,25)14-10-8-13(26-3)9-11-14/h4-11H,12H2,1-3H3,(H,19,22)(H,20,23). The van der Waals surface area contributed by atoms with Crippen LogP contribution in [0.1, 0.15) is 10.4 Å². The van der Waals surface area contributed by atoms with Crippen molar-refractivity contribution in [2.45, 2.75) is 4.90 Å². The van der Waals surface area contributed by atoms with E-state index >= 15 is 0 Å². The first-order valence-electron chi connectivity index (χ1n) is 8.03. The lowest BCUT2D eigenvalue weighted by atomic mass is 10.1. The van der Waals surface area contributed by atoms with Crippen LogP contribution in [0.5, 0.6) is 5.75 Å². The van der Waals surface area contributed by atoms with Crippen LogP contribution in [0.25, 0.3) is 0 Å². The van der Waals surface area contributed by atoms with Crippen LogP contribution >= 0.6 is 0 Å². The zero-order valence-electron chi connectivity index (χ0n) is 15.2. The number of carbonyl (C=O) groups is 2. The van der Waals surface area contributed by atoms with Crippen LogP contribution in [0, 0.1) is 0 Å². The molecule has 9 heteroatoms. The van der Waals surface area contributed by atoms with Gasteiger partial charge in [-0.05, 0) is 36.4 Å². The molecule has 0 saturated heterocycles. The highest BCUT2D eigenvalue weighted by Gasteiger charge is 2.29. The average molecular weight is 391 g/mol. The molecule has 2 aromatic rings. The van der Waals surface area contributed by atoms with Crippen molar-refractivity contribution in [2.75, 3.05) is 32.1 Å². The van der Waals surface area contributed by atoms with E-state index in [1.165, 1.54) is 57.6 Å². The van der Waals surface area contributed by atoms with Crippen LogP contribution < -0.4 is 19.7 Å². The van der Waals surface area contributed by atoms with Gasteiger partial charge < -0.3 is 15.4 Å². The Kier molecular flexibility index (Phi) is 6.40. The second kappa shape index (κ2) is 8.54. The molecule has 2 aromatic carbocycles. The Morgan fingerprint density at radius 3 is 2.19 bits per heavy atom. The molecule has 0 aliphatic heterocycles. The molecule has 0 unspecified atom stereocenters. The zero-order chi connectivity index (χ0) is 20.0. The maximum atomic E-state index is 13.2. The van der Waals surface area contributed by atoms with Crippen molar-refractivity contribution >= 4 is 27.5 Å². The molecule has 2 rings (SSSR count). The van der Waals surface area contributed by atoms with Crippen LogP contribution in [0.2, 0.25) is 0 Å². The average Bonchev–Trinajstić information content (AvgIpc) is 2.71. The SMILES string of the molecule is CNC(=O)CN(c1ccccc1C(=O)NC)S(=O)(=O)c1ccc(OC)cc1. The summed E-state index contributed by atoms with van der Waals surface area (Å²) >= 11 is 0. The van der Waals surface area contributed by atoms with E-state index in [1.54, 1.807) is 12.1 Å². The van der Waals surface area contributed by atoms with Crippen molar-refractivity contribution in [2.24, 2.45) is 0 Å². The molecule has 27 heavy (non-hydrogen) atoms. The van der Waals surface area contributed by atoms with Gasteiger partial charge in [-0.3, -0.25) is 13.9 Å². The smallest absolute Gasteiger partial charge is 0.264 e. The summed E-state index contributed by atoms with van der Waals surface area (Å²) in [7, 11) is 0.214. The Labute approximate surface area is 158 Å². The lowest BCUT2D eigenvalue weighted by Crippen LogP contribution is -2.40. The van der Waals surface area contributed by atoms with Crippen LogP contribution in [0.15, 0.2) is 53.4 Å². The molecule has 0 radical (unpaired) electrons. The largest absolute Gasteiger partial charge is 0.497 e. The Morgan fingerprint density at radius 1 is 1.00 bits per heavy atom. The van der Waals surface area contributed by atoms with E-state index in [9.17, 15) is 18.0 Å². The third-order valence-corrected chi connectivity index (χ3v) is 5.63. The Morgan fingerprint density at radius 2 is 1.63 bits per heavy atom. The van der Waals surface area contributed by atoms with Gasteiger partial charge in [0.15, 0.2) is 0 Å². The fourth-order valence-electron chi connectivity index (χ4n) is 2.40. The molecule has 0 bridgehead atoms. The molecule has 0 spiro atoms. The molecule has 8 nitrogen and oxygen atoms in total. The Hall–Kier alpha value is -3.07. The number of hydrogen-bond acceptors (Lipinski definition) is 5. The molecule has 0 atom stereocenters. The lowest BCUT2D eigenvalue weighted by molar-refractivity contribution is -0.119. The molecule has 144 valence electrons. The van der Waals surface area contributed by atoms with Gasteiger partial charge in [0, 0.05) is 14.1 Å². The fraction of sp³-hybridized carbons (Fsp3) is 0.222. The fourth-order valence-corrected chi connectivity index (χ4v) is 3.84. The third-order valence-electron chi connectivity index (χ3n) is 3.86. The van der Waals surface area contributed by atoms with Gasteiger partial charge in [0.1, 0.15) is 12.3 Å². The number of benzene rings is 2. The summed E-state index contributed by atoms with van der Waals surface area (Å²) in [5.41, 5.74) is 0.247. The first-order valence-corrected chi connectivity index (χ1v) is 9.47. The Balaban J connectivity index is 2.61. The predicted molar refractivity (Wildman–Crippen MR) is 101 cm³/mol. The highest BCUT2D eigenvalue weighted by Crippen LogP contribution is 2.28. The number of sulfonamides is 1. The molecule has 0 saturated carbocycles. The molecule has 0 aliphatic carbocycles. The number of ether oxygens (including phenoxy) is 1. The molecular weight excluding hydrogens is 370 g/mol. The van der Waals surface area contributed by atoms with Gasteiger partial charge in [0.25, 0.3) is 15.9 Å². The van der Waals surface area contributed by atoms with Crippen molar-refractivity contribution in [3.63, 3.8) is 0 Å². The number of likely N-dealkylation sites (N-methyl/N-ethyl adjacent to an activating group) is 1. The molecule has 0 heterocycles. The van der Waals surface area contributed by atoms with Crippen molar-refractivity contribution < 1.29 is 22.7 Å². The number of rotatable bonds is 7. The van der Waals surface area contributed by atoms with E-state index < -0.39 is 28.4 Å². The van der Waals surface area contributed by atoms with E-state index in [-0.39, 0.29) is 16.1 Å². The minimum Gasteiger partial charge on any atom is -0.497 e. The van der Waals surface area contributed by atoms with Crippen LogP contribution in [-0.2, 0) is 14.8 Å². The Bertz CT molecular complexity index is 926. The van der Waals surface area contributed by atoms with Gasteiger partial charge in [0.05, 0.1) is 23.3 Å². The topological polar surface area (TPSA) is 105 Å². The number of amides is 2. The summed E-state index contributed by atoms with van der Waals surface area (Å²) in [4.78, 5) is 24.1. The second-order valence-electron chi connectivity index (χ2n) is 5.46. The monoisotopic (exact) mass is 391 g/mol.